The summed E-state index contributed by atoms with van der Waals surface area (Å²) < 4.78 is 5.17. The summed E-state index contributed by atoms with van der Waals surface area (Å²) in [6.07, 6.45) is 2.62. The minimum absolute atomic E-state index is 0.00574. The lowest BCUT2D eigenvalue weighted by Gasteiger charge is -2.30. The highest BCUT2D eigenvalue weighted by Crippen LogP contribution is 2.27. The highest BCUT2D eigenvalue weighted by atomic mass is 16.5. The van der Waals surface area contributed by atoms with Crippen LogP contribution in [0.4, 0.5) is 0 Å². The standard InChI is InChI=1S/C10H16O3/c1-7(2)9-5-8(3-4-11)6-10(12)13-9/h4,7-9H,3,5-6H2,1-2H3. The average molecular weight is 184 g/mol. The molecule has 0 saturated carbocycles. The van der Waals surface area contributed by atoms with Crippen LogP contribution in [0.2, 0.25) is 0 Å². The first-order valence-corrected chi connectivity index (χ1v) is 4.76. The van der Waals surface area contributed by atoms with Crippen LogP contribution in [0.15, 0.2) is 0 Å². The van der Waals surface area contributed by atoms with Crippen molar-refractivity contribution in [1.29, 1.82) is 0 Å². The highest BCUT2D eigenvalue weighted by molar-refractivity contribution is 5.71. The van der Waals surface area contributed by atoms with Crippen LogP contribution >= 0.6 is 0 Å². The Hall–Kier alpha value is -0.860. The second kappa shape index (κ2) is 4.40. The molecule has 74 valence electrons. The fourth-order valence-electron chi connectivity index (χ4n) is 1.64. The molecule has 0 bridgehead atoms. The van der Waals surface area contributed by atoms with Crippen molar-refractivity contribution in [3.63, 3.8) is 0 Å². The van der Waals surface area contributed by atoms with Gasteiger partial charge in [0.2, 0.25) is 0 Å². The smallest absolute Gasteiger partial charge is 0.306 e. The fourth-order valence-corrected chi connectivity index (χ4v) is 1.64. The van der Waals surface area contributed by atoms with Gasteiger partial charge in [0.15, 0.2) is 0 Å². The van der Waals surface area contributed by atoms with Crippen molar-refractivity contribution in [3.05, 3.63) is 0 Å². The van der Waals surface area contributed by atoms with Gasteiger partial charge in [-0.25, -0.2) is 0 Å². The van der Waals surface area contributed by atoms with E-state index in [0.29, 0.717) is 18.8 Å². The van der Waals surface area contributed by atoms with Crippen LogP contribution in [-0.2, 0) is 14.3 Å². The molecule has 0 spiro atoms. The molecule has 1 fully saturated rings. The number of hydrogen-bond donors (Lipinski definition) is 0. The monoisotopic (exact) mass is 184 g/mol. The van der Waals surface area contributed by atoms with Gasteiger partial charge in [-0.2, -0.15) is 0 Å². The van der Waals surface area contributed by atoms with Crippen LogP contribution in [-0.4, -0.2) is 18.4 Å². The number of aldehydes is 1. The van der Waals surface area contributed by atoms with Gasteiger partial charge in [-0.3, -0.25) is 4.79 Å². The lowest BCUT2D eigenvalue weighted by molar-refractivity contribution is -0.159. The number of carbonyl (C=O) groups is 2. The number of cyclic esters (lactones) is 1. The van der Waals surface area contributed by atoms with Gasteiger partial charge in [0.25, 0.3) is 0 Å². The van der Waals surface area contributed by atoms with Crippen molar-refractivity contribution in [2.24, 2.45) is 11.8 Å². The Bertz CT molecular complexity index is 198. The summed E-state index contributed by atoms with van der Waals surface area (Å²) in [5.74, 6) is 0.390. The van der Waals surface area contributed by atoms with Crippen molar-refractivity contribution >= 4 is 12.3 Å². The van der Waals surface area contributed by atoms with E-state index in [9.17, 15) is 9.59 Å². The summed E-state index contributed by atoms with van der Waals surface area (Å²) in [5.41, 5.74) is 0. The van der Waals surface area contributed by atoms with E-state index in [4.69, 9.17) is 4.74 Å². The molecule has 13 heavy (non-hydrogen) atoms. The Kier molecular flexibility index (Phi) is 3.46. The van der Waals surface area contributed by atoms with E-state index in [-0.39, 0.29) is 18.0 Å². The summed E-state index contributed by atoms with van der Waals surface area (Å²) in [6, 6.07) is 0. The first kappa shape index (κ1) is 10.2. The normalized spacial score (nSPS) is 28.7. The van der Waals surface area contributed by atoms with Gasteiger partial charge >= 0.3 is 5.97 Å². The zero-order valence-corrected chi connectivity index (χ0v) is 8.16. The molecule has 1 rings (SSSR count). The molecule has 0 radical (unpaired) electrons. The fraction of sp³-hybridized carbons (Fsp3) is 0.800. The number of ether oxygens (including phenoxy) is 1. The Morgan fingerprint density at radius 2 is 2.31 bits per heavy atom. The quantitative estimate of drug-likeness (QED) is 0.493. The van der Waals surface area contributed by atoms with Gasteiger partial charge in [0.1, 0.15) is 12.4 Å². The van der Waals surface area contributed by atoms with Crippen molar-refractivity contribution in [2.45, 2.75) is 39.2 Å². The van der Waals surface area contributed by atoms with E-state index in [1.807, 2.05) is 13.8 Å². The van der Waals surface area contributed by atoms with E-state index in [2.05, 4.69) is 0 Å². The van der Waals surface area contributed by atoms with Crippen molar-refractivity contribution < 1.29 is 14.3 Å². The van der Waals surface area contributed by atoms with Crippen LogP contribution < -0.4 is 0 Å². The van der Waals surface area contributed by atoms with Gasteiger partial charge < -0.3 is 9.53 Å². The molecule has 0 aliphatic carbocycles. The third kappa shape index (κ3) is 2.83. The first-order chi connectivity index (χ1) is 6.13. The summed E-state index contributed by atoms with van der Waals surface area (Å²) in [7, 11) is 0. The maximum atomic E-state index is 11.1. The topological polar surface area (TPSA) is 43.4 Å². The first-order valence-electron chi connectivity index (χ1n) is 4.76. The molecule has 1 saturated heterocycles. The molecule has 0 amide bonds. The summed E-state index contributed by atoms with van der Waals surface area (Å²) >= 11 is 0. The largest absolute Gasteiger partial charge is 0.462 e. The van der Waals surface area contributed by atoms with E-state index in [0.717, 1.165) is 12.7 Å². The van der Waals surface area contributed by atoms with Crippen LogP contribution in [0.1, 0.15) is 33.1 Å². The molecule has 1 aliphatic heterocycles. The molecule has 0 aromatic rings. The predicted molar refractivity (Wildman–Crippen MR) is 48.1 cm³/mol. The summed E-state index contributed by atoms with van der Waals surface area (Å²) in [4.78, 5) is 21.4. The average Bonchev–Trinajstić information content (AvgIpc) is 2.03. The van der Waals surface area contributed by atoms with Crippen LogP contribution in [0.25, 0.3) is 0 Å². The molecule has 0 aromatic heterocycles. The maximum absolute atomic E-state index is 11.1. The Labute approximate surface area is 78.5 Å². The predicted octanol–water partition coefficient (Wildman–Crippen LogP) is 1.55. The molecule has 2 atom stereocenters. The second-order valence-corrected chi connectivity index (χ2v) is 3.98. The van der Waals surface area contributed by atoms with E-state index in [1.165, 1.54) is 0 Å². The summed E-state index contributed by atoms with van der Waals surface area (Å²) in [6.45, 7) is 4.06. The lowest BCUT2D eigenvalue weighted by Crippen LogP contribution is -2.33. The van der Waals surface area contributed by atoms with Crippen LogP contribution in [0.5, 0.6) is 0 Å². The van der Waals surface area contributed by atoms with Gasteiger partial charge in [-0.1, -0.05) is 13.8 Å². The molecular weight excluding hydrogens is 168 g/mol. The molecule has 3 heteroatoms. The van der Waals surface area contributed by atoms with Crippen molar-refractivity contribution in [3.8, 4) is 0 Å². The maximum Gasteiger partial charge on any atom is 0.306 e. The number of carbonyl (C=O) groups excluding carboxylic acids is 2. The van der Waals surface area contributed by atoms with Gasteiger partial charge in [0.05, 0.1) is 0 Å². The minimum Gasteiger partial charge on any atom is -0.462 e. The zero-order chi connectivity index (χ0) is 9.84. The zero-order valence-electron chi connectivity index (χ0n) is 8.16. The third-order valence-electron chi connectivity index (χ3n) is 2.48. The molecule has 0 aromatic carbocycles. The lowest BCUT2D eigenvalue weighted by atomic mass is 9.88. The third-order valence-corrected chi connectivity index (χ3v) is 2.48. The highest BCUT2D eigenvalue weighted by Gasteiger charge is 2.29. The Morgan fingerprint density at radius 1 is 1.62 bits per heavy atom. The molecule has 1 heterocycles. The van der Waals surface area contributed by atoms with Gasteiger partial charge in [0, 0.05) is 12.8 Å². The molecule has 2 unspecified atom stereocenters. The Balaban J connectivity index is 2.52. The van der Waals surface area contributed by atoms with Crippen LogP contribution in [0.3, 0.4) is 0 Å². The Morgan fingerprint density at radius 3 is 2.85 bits per heavy atom. The van der Waals surface area contributed by atoms with E-state index in [1.54, 1.807) is 0 Å². The molecule has 0 N–H and O–H groups in total. The van der Waals surface area contributed by atoms with Gasteiger partial charge in [-0.15, -0.1) is 0 Å². The molecule has 1 aliphatic rings. The van der Waals surface area contributed by atoms with Crippen molar-refractivity contribution in [1.82, 2.24) is 0 Å². The van der Waals surface area contributed by atoms with E-state index < -0.39 is 0 Å². The van der Waals surface area contributed by atoms with Crippen molar-refractivity contribution in [2.75, 3.05) is 0 Å². The molecular formula is C10H16O3. The number of esters is 1. The number of hydrogen-bond acceptors (Lipinski definition) is 3. The SMILES string of the molecule is CC(C)C1CC(CC=O)CC(=O)O1. The second-order valence-electron chi connectivity index (χ2n) is 3.98. The van der Waals surface area contributed by atoms with E-state index >= 15 is 0 Å². The van der Waals surface area contributed by atoms with Gasteiger partial charge in [-0.05, 0) is 18.3 Å². The summed E-state index contributed by atoms with van der Waals surface area (Å²) in [5, 5.41) is 0. The van der Waals surface area contributed by atoms with Crippen LogP contribution in [0, 0.1) is 11.8 Å². The minimum atomic E-state index is -0.156. The number of rotatable bonds is 3. The molecule has 3 nitrogen and oxygen atoms in total.